The van der Waals surface area contributed by atoms with Crippen molar-refractivity contribution in [3.63, 3.8) is 0 Å². The molecule has 0 aliphatic rings. The average Bonchev–Trinajstić information content (AvgIpc) is 2.35. The van der Waals surface area contributed by atoms with Gasteiger partial charge in [-0.1, -0.05) is 15.9 Å². The second-order valence-electron chi connectivity index (χ2n) is 3.70. The van der Waals surface area contributed by atoms with Gasteiger partial charge in [-0.2, -0.15) is 0 Å². The van der Waals surface area contributed by atoms with Crippen molar-refractivity contribution in [3.05, 3.63) is 22.2 Å². The number of hydrogen-bond donors (Lipinski definition) is 2. The van der Waals surface area contributed by atoms with Crippen LogP contribution in [0.1, 0.15) is 24.4 Å². The summed E-state index contributed by atoms with van der Waals surface area (Å²) >= 11 is 3.47. The maximum absolute atomic E-state index is 8.80. The molecule has 0 saturated carbocycles. The second-order valence-corrected chi connectivity index (χ2v) is 4.56. The van der Waals surface area contributed by atoms with Gasteiger partial charge in [0.15, 0.2) is 11.5 Å². The number of rotatable bonds is 6. The Morgan fingerprint density at radius 1 is 1.28 bits per heavy atom. The van der Waals surface area contributed by atoms with Crippen LogP contribution in [0.5, 0.6) is 11.5 Å². The van der Waals surface area contributed by atoms with Gasteiger partial charge >= 0.3 is 0 Å². The van der Waals surface area contributed by atoms with E-state index < -0.39 is 0 Å². The topological polar surface area (TPSA) is 64.7 Å². The molecule has 0 unspecified atom stereocenters. The van der Waals surface area contributed by atoms with Crippen molar-refractivity contribution in [2.24, 2.45) is 5.73 Å². The SMILES string of the molecule is COc1cc(Br)c([C@@H](N)CCCO)cc1OC.Cl. The first-order chi connectivity index (χ1) is 8.13. The van der Waals surface area contributed by atoms with Crippen LogP contribution in [-0.2, 0) is 0 Å². The van der Waals surface area contributed by atoms with Crippen LogP contribution in [-0.4, -0.2) is 25.9 Å². The molecule has 0 aromatic heterocycles. The zero-order valence-electron chi connectivity index (χ0n) is 10.5. The third-order valence-electron chi connectivity index (χ3n) is 2.58. The number of methoxy groups -OCH3 is 2. The summed E-state index contributed by atoms with van der Waals surface area (Å²) in [5, 5.41) is 8.80. The number of aliphatic hydroxyl groups is 1. The maximum Gasteiger partial charge on any atom is 0.161 e. The quantitative estimate of drug-likeness (QED) is 0.835. The molecule has 4 nitrogen and oxygen atoms in total. The van der Waals surface area contributed by atoms with Crippen LogP contribution in [0.2, 0.25) is 0 Å². The first-order valence-electron chi connectivity index (χ1n) is 5.41. The Balaban J connectivity index is 0.00000289. The number of hydrogen-bond acceptors (Lipinski definition) is 4. The minimum absolute atomic E-state index is 0. The Morgan fingerprint density at radius 3 is 2.33 bits per heavy atom. The van der Waals surface area contributed by atoms with E-state index in [0.29, 0.717) is 17.9 Å². The molecule has 1 rings (SSSR count). The van der Waals surface area contributed by atoms with Gasteiger partial charge < -0.3 is 20.3 Å². The van der Waals surface area contributed by atoms with E-state index in [0.717, 1.165) is 16.5 Å². The summed E-state index contributed by atoms with van der Waals surface area (Å²) in [4.78, 5) is 0. The lowest BCUT2D eigenvalue weighted by Gasteiger charge is -2.16. The summed E-state index contributed by atoms with van der Waals surface area (Å²) in [6.07, 6.45) is 1.41. The van der Waals surface area contributed by atoms with Crippen molar-refractivity contribution in [2.45, 2.75) is 18.9 Å². The second kappa shape index (κ2) is 8.58. The molecule has 18 heavy (non-hydrogen) atoms. The van der Waals surface area contributed by atoms with Crippen LogP contribution in [0.3, 0.4) is 0 Å². The summed E-state index contributed by atoms with van der Waals surface area (Å²) in [5.41, 5.74) is 7.01. The fourth-order valence-electron chi connectivity index (χ4n) is 1.62. The Hall–Kier alpha value is -0.490. The molecule has 6 heteroatoms. The van der Waals surface area contributed by atoms with Gasteiger partial charge in [-0.25, -0.2) is 0 Å². The summed E-state index contributed by atoms with van der Waals surface area (Å²) in [6, 6.07) is 3.58. The first-order valence-corrected chi connectivity index (χ1v) is 6.21. The molecular weight excluding hydrogens is 321 g/mol. The predicted octanol–water partition coefficient (Wildman–Crippen LogP) is 2.66. The van der Waals surface area contributed by atoms with Crippen LogP contribution in [0.25, 0.3) is 0 Å². The molecule has 0 aliphatic heterocycles. The highest BCUT2D eigenvalue weighted by Crippen LogP contribution is 2.36. The predicted molar refractivity (Wildman–Crippen MR) is 77.7 cm³/mol. The highest BCUT2D eigenvalue weighted by molar-refractivity contribution is 9.10. The molecular formula is C12H19BrClNO3. The molecule has 1 aromatic carbocycles. The van der Waals surface area contributed by atoms with Crippen molar-refractivity contribution in [3.8, 4) is 11.5 Å². The highest BCUT2D eigenvalue weighted by Gasteiger charge is 2.14. The molecule has 1 aromatic rings. The molecule has 0 heterocycles. The summed E-state index contributed by atoms with van der Waals surface area (Å²) in [7, 11) is 3.18. The molecule has 0 aliphatic carbocycles. The van der Waals surface area contributed by atoms with Gasteiger partial charge in [-0.3, -0.25) is 0 Å². The fourth-order valence-corrected chi connectivity index (χ4v) is 2.24. The van der Waals surface area contributed by atoms with E-state index in [-0.39, 0.29) is 25.1 Å². The van der Waals surface area contributed by atoms with E-state index in [1.807, 2.05) is 12.1 Å². The van der Waals surface area contributed by atoms with E-state index in [2.05, 4.69) is 15.9 Å². The molecule has 1 atom stereocenters. The summed E-state index contributed by atoms with van der Waals surface area (Å²) in [5.74, 6) is 1.32. The molecule has 0 fully saturated rings. The number of benzene rings is 1. The van der Waals surface area contributed by atoms with Gasteiger partial charge in [-0.15, -0.1) is 12.4 Å². The minimum Gasteiger partial charge on any atom is -0.493 e. The van der Waals surface area contributed by atoms with E-state index >= 15 is 0 Å². The monoisotopic (exact) mass is 339 g/mol. The third kappa shape index (κ3) is 4.31. The van der Waals surface area contributed by atoms with Gasteiger partial charge in [0.25, 0.3) is 0 Å². The smallest absolute Gasteiger partial charge is 0.161 e. The molecule has 3 N–H and O–H groups in total. The third-order valence-corrected chi connectivity index (χ3v) is 3.26. The van der Waals surface area contributed by atoms with Crippen LogP contribution < -0.4 is 15.2 Å². The summed E-state index contributed by atoms with van der Waals surface area (Å²) < 4.78 is 11.3. The van der Waals surface area contributed by atoms with Crippen LogP contribution >= 0.6 is 28.3 Å². The molecule has 0 amide bonds. The average molecular weight is 341 g/mol. The number of aliphatic hydroxyl groups excluding tert-OH is 1. The van der Waals surface area contributed by atoms with E-state index in [1.165, 1.54) is 0 Å². The van der Waals surface area contributed by atoms with Crippen molar-refractivity contribution in [1.82, 2.24) is 0 Å². The van der Waals surface area contributed by atoms with Gasteiger partial charge in [-0.05, 0) is 30.5 Å². The van der Waals surface area contributed by atoms with Crippen LogP contribution in [0, 0.1) is 0 Å². The standard InChI is InChI=1S/C12H18BrNO3.ClH/c1-16-11-6-8(10(14)4-3-5-15)9(13)7-12(11)17-2;/h6-7,10,15H,3-5,14H2,1-2H3;1H/t10-;/m0./s1. The molecule has 0 saturated heterocycles. The van der Waals surface area contributed by atoms with Crippen LogP contribution in [0.4, 0.5) is 0 Å². The van der Waals surface area contributed by atoms with Crippen LogP contribution in [0.15, 0.2) is 16.6 Å². The van der Waals surface area contributed by atoms with Gasteiger partial charge in [0.1, 0.15) is 0 Å². The largest absolute Gasteiger partial charge is 0.493 e. The molecule has 0 bridgehead atoms. The van der Waals surface area contributed by atoms with Crippen molar-refractivity contribution in [2.75, 3.05) is 20.8 Å². The Bertz CT molecular complexity index is 377. The lowest BCUT2D eigenvalue weighted by Crippen LogP contribution is -2.12. The Labute approximate surface area is 122 Å². The molecule has 0 spiro atoms. The lowest BCUT2D eigenvalue weighted by atomic mass is 10.0. The number of nitrogens with two attached hydrogens (primary N) is 1. The fraction of sp³-hybridized carbons (Fsp3) is 0.500. The molecule has 104 valence electrons. The zero-order valence-corrected chi connectivity index (χ0v) is 12.9. The van der Waals surface area contributed by atoms with E-state index in [1.54, 1.807) is 14.2 Å². The van der Waals surface area contributed by atoms with Gasteiger partial charge in [0.2, 0.25) is 0 Å². The maximum atomic E-state index is 8.80. The first kappa shape index (κ1) is 17.5. The van der Waals surface area contributed by atoms with E-state index in [9.17, 15) is 0 Å². The lowest BCUT2D eigenvalue weighted by molar-refractivity contribution is 0.279. The van der Waals surface area contributed by atoms with Crippen molar-refractivity contribution < 1.29 is 14.6 Å². The minimum atomic E-state index is -0.128. The normalized spacial score (nSPS) is 11.6. The van der Waals surface area contributed by atoms with E-state index in [4.69, 9.17) is 20.3 Å². The number of ether oxygens (including phenoxy) is 2. The zero-order chi connectivity index (χ0) is 12.8. The number of halogens is 2. The Morgan fingerprint density at radius 2 is 1.83 bits per heavy atom. The highest BCUT2D eigenvalue weighted by atomic mass is 79.9. The summed E-state index contributed by atoms with van der Waals surface area (Å²) in [6.45, 7) is 0.151. The van der Waals surface area contributed by atoms with Crippen molar-refractivity contribution in [1.29, 1.82) is 0 Å². The van der Waals surface area contributed by atoms with Crippen molar-refractivity contribution >= 4 is 28.3 Å². The Kier molecular flexibility index (Phi) is 8.35. The molecule has 0 radical (unpaired) electrons. The van der Waals surface area contributed by atoms with Gasteiger partial charge in [0, 0.05) is 17.1 Å². The van der Waals surface area contributed by atoms with Gasteiger partial charge in [0.05, 0.1) is 14.2 Å².